The first kappa shape index (κ1) is 15.6. The highest BCUT2D eigenvalue weighted by atomic mass is 32.2. The lowest BCUT2D eigenvalue weighted by Gasteiger charge is -2.09. The predicted octanol–water partition coefficient (Wildman–Crippen LogP) is 2.75. The summed E-state index contributed by atoms with van der Waals surface area (Å²) in [7, 11) is 0.336. The molecular weight excluding hydrogens is 286 g/mol. The molecule has 0 aliphatic carbocycles. The van der Waals surface area contributed by atoms with E-state index in [2.05, 4.69) is 18.9 Å². The second-order valence-corrected chi connectivity index (χ2v) is 6.36. The number of nitrogens with zero attached hydrogens (tertiary/aromatic N) is 2. The number of aromatic nitrogens is 2. The molecule has 2 rings (SSSR count). The maximum Gasteiger partial charge on any atom is 0.137 e. The third-order valence-electron chi connectivity index (χ3n) is 3.42. The molecule has 21 heavy (non-hydrogen) atoms. The molecule has 0 saturated carbocycles. The van der Waals surface area contributed by atoms with Crippen molar-refractivity contribution in [3.63, 3.8) is 0 Å². The van der Waals surface area contributed by atoms with E-state index in [1.54, 1.807) is 25.3 Å². The summed E-state index contributed by atoms with van der Waals surface area (Å²) in [5.74, 6) is 0.915. The van der Waals surface area contributed by atoms with Crippen molar-refractivity contribution < 1.29 is 8.95 Å². The molecular formula is C15H21N3O2S. The lowest BCUT2D eigenvalue weighted by Crippen LogP contribution is -2.06. The first-order valence-electron chi connectivity index (χ1n) is 6.91. The molecule has 5 nitrogen and oxygen atoms in total. The molecule has 1 aromatic heterocycles. The third kappa shape index (κ3) is 3.64. The van der Waals surface area contributed by atoms with E-state index in [1.807, 2.05) is 16.9 Å². The van der Waals surface area contributed by atoms with Gasteiger partial charge in [0.05, 0.1) is 34.3 Å². The molecule has 1 aromatic carbocycles. The molecule has 0 aliphatic heterocycles. The molecule has 0 bridgehead atoms. The van der Waals surface area contributed by atoms with Gasteiger partial charge in [-0.05, 0) is 31.5 Å². The zero-order valence-electron chi connectivity index (χ0n) is 12.6. The van der Waals surface area contributed by atoms with Crippen molar-refractivity contribution >= 4 is 16.5 Å². The van der Waals surface area contributed by atoms with Crippen LogP contribution in [0.15, 0.2) is 35.4 Å². The molecule has 0 fully saturated rings. The fraction of sp³-hybridized carbons (Fsp3) is 0.400. The van der Waals surface area contributed by atoms with Gasteiger partial charge in [-0.1, -0.05) is 6.92 Å². The SMILES string of the molecule is CCC(C)n1ccc(CS(=O)c2ccc(N)cc2OC)n1. The monoisotopic (exact) mass is 307 g/mol. The van der Waals surface area contributed by atoms with E-state index in [4.69, 9.17) is 10.5 Å². The van der Waals surface area contributed by atoms with Gasteiger partial charge in [-0.15, -0.1) is 0 Å². The maximum atomic E-state index is 12.5. The molecule has 0 spiro atoms. The van der Waals surface area contributed by atoms with Gasteiger partial charge in [0.15, 0.2) is 0 Å². The number of hydrogen-bond donors (Lipinski definition) is 1. The van der Waals surface area contributed by atoms with E-state index in [0.29, 0.717) is 28.1 Å². The average molecular weight is 307 g/mol. The van der Waals surface area contributed by atoms with Crippen LogP contribution in [0.2, 0.25) is 0 Å². The highest BCUT2D eigenvalue weighted by molar-refractivity contribution is 7.84. The molecule has 2 N–H and O–H groups in total. The number of hydrogen-bond acceptors (Lipinski definition) is 4. The number of methoxy groups -OCH3 is 1. The standard InChI is InChI=1S/C15H21N3O2S/c1-4-11(2)18-8-7-13(17-18)10-21(19)15-6-5-12(16)9-14(15)20-3/h5-9,11H,4,10,16H2,1-3H3. The number of anilines is 1. The van der Waals surface area contributed by atoms with Gasteiger partial charge in [0.2, 0.25) is 0 Å². The number of nitrogens with two attached hydrogens (primary N) is 1. The minimum atomic E-state index is -1.21. The van der Waals surface area contributed by atoms with Crippen LogP contribution in [0.5, 0.6) is 5.75 Å². The molecule has 0 aliphatic rings. The lowest BCUT2D eigenvalue weighted by molar-refractivity contribution is 0.404. The molecule has 2 unspecified atom stereocenters. The molecule has 2 aromatic rings. The Kier molecular flexibility index (Phi) is 5.01. The number of nitrogen functional groups attached to an aromatic ring is 1. The van der Waals surface area contributed by atoms with Crippen LogP contribution < -0.4 is 10.5 Å². The van der Waals surface area contributed by atoms with Crippen LogP contribution in [0.3, 0.4) is 0 Å². The van der Waals surface area contributed by atoms with E-state index >= 15 is 0 Å². The van der Waals surface area contributed by atoms with Crippen molar-refractivity contribution in [1.82, 2.24) is 9.78 Å². The fourth-order valence-corrected chi connectivity index (χ4v) is 3.14. The molecule has 1 heterocycles. The van der Waals surface area contributed by atoms with Crippen LogP contribution in [-0.2, 0) is 16.6 Å². The van der Waals surface area contributed by atoms with Crippen molar-refractivity contribution in [2.24, 2.45) is 0 Å². The predicted molar refractivity (Wildman–Crippen MR) is 84.7 cm³/mol. The van der Waals surface area contributed by atoms with Gasteiger partial charge >= 0.3 is 0 Å². The second kappa shape index (κ2) is 6.76. The van der Waals surface area contributed by atoms with Crippen molar-refractivity contribution in [3.8, 4) is 5.75 Å². The summed E-state index contributed by atoms with van der Waals surface area (Å²) in [6.45, 7) is 4.22. The van der Waals surface area contributed by atoms with Crippen LogP contribution in [0.4, 0.5) is 5.69 Å². The highest BCUT2D eigenvalue weighted by Crippen LogP contribution is 2.26. The van der Waals surface area contributed by atoms with Gasteiger partial charge in [0, 0.05) is 24.0 Å². The van der Waals surface area contributed by atoms with E-state index < -0.39 is 10.8 Å². The Bertz CT molecular complexity index is 640. The minimum absolute atomic E-state index is 0.346. The Hall–Kier alpha value is -1.82. The Morgan fingerprint density at radius 2 is 2.19 bits per heavy atom. The van der Waals surface area contributed by atoms with Gasteiger partial charge in [-0.25, -0.2) is 0 Å². The van der Waals surface area contributed by atoms with Crippen LogP contribution in [0, 0.1) is 0 Å². The van der Waals surface area contributed by atoms with Crippen molar-refractivity contribution in [1.29, 1.82) is 0 Å². The zero-order chi connectivity index (χ0) is 15.4. The van der Waals surface area contributed by atoms with E-state index in [9.17, 15) is 4.21 Å². The van der Waals surface area contributed by atoms with Crippen molar-refractivity contribution in [2.75, 3.05) is 12.8 Å². The van der Waals surface area contributed by atoms with Crippen LogP contribution in [-0.4, -0.2) is 21.1 Å². The highest BCUT2D eigenvalue weighted by Gasteiger charge is 2.14. The molecule has 0 amide bonds. The first-order chi connectivity index (χ1) is 10.0. The molecule has 2 atom stereocenters. The summed E-state index contributed by atoms with van der Waals surface area (Å²) in [6.07, 6.45) is 2.94. The summed E-state index contributed by atoms with van der Waals surface area (Å²) in [6, 6.07) is 7.42. The fourth-order valence-electron chi connectivity index (χ4n) is 1.97. The zero-order valence-corrected chi connectivity index (χ0v) is 13.4. The summed E-state index contributed by atoms with van der Waals surface area (Å²) >= 11 is 0. The Labute approximate surface area is 127 Å². The summed E-state index contributed by atoms with van der Waals surface area (Å²) < 4.78 is 19.7. The van der Waals surface area contributed by atoms with Gasteiger partial charge < -0.3 is 10.5 Å². The topological polar surface area (TPSA) is 70.1 Å². The van der Waals surface area contributed by atoms with E-state index in [-0.39, 0.29) is 0 Å². The van der Waals surface area contributed by atoms with Gasteiger partial charge in [-0.2, -0.15) is 5.10 Å². The van der Waals surface area contributed by atoms with Gasteiger partial charge in [0.25, 0.3) is 0 Å². The van der Waals surface area contributed by atoms with Crippen molar-refractivity contribution in [2.45, 2.75) is 37.0 Å². The molecule has 114 valence electrons. The van der Waals surface area contributed by atoms with E-state index in [0.717, 1.165) is 12.1 Å². The summed E-state index contributed by atoms with van der Waals surface area (Å²) in [5, 5.41) is 4.48. The average Bonchev–Trinajstić information content (AvgIpc) is 2.94. The van der Waals surface area contributed by atoms with Crippen LogP contribution >= 0.6 is 0 Å². The maximum absolute atomic E-state index is 12.5. The smallest absolute Gasteiger partial charge is 0.137 e. The summed E-state index contributed by atoms with van der Waals surface area (Å²) in [5.41, 5.74) is 7.12. The molecule has 0 saturated heterocycles. The second-order valence-electron chi connectivity index (χ2n) is 4.94. The molecule has 6 heteroatoms. The Morgan fingerprint density at radius 3 is 2.86 bits per heavy atom. The van der Waals surface area contributed by atoms with Crippen LogP contribution in [0.25, 0.3) is 0 Å². The third-order valence-corrected chi connectivity index (χ3v) is 4.80. The number of rotatable bonds is 6. The summed E-state index contributed by atoms with van der Waals surface area (Å²) in [4.78, 5) is 0.643. The normalized spacial score (nSPS) is 13.9. The quantitative estimate of drug-likeness (QED) is 0.833. The first-order valence-corrected chi connectivity index (χ1v) is 8.23. The van der Waals surface area contributed by atoms with Gasteiger partial charge in [0.1, 0.15) is 5.75 Å². The van der Waals surface area contributed by atoms with Gasteiger partial charge in [-0.3, -0.25) is 8.89 Å². The Balaban J connectivity index is 2.16. The Morgan fingerprint density at radius 1 is 1.43 bits per heavy atom. The number of ether oxygens (including phenoxy) is 1. The largest absolute Gasteiger partial charge is 0.495 e. The molecule has 0 radical (unpaired) electrons. The van der Waals surface area contributed by atoms with Crippen molar-refractivity contribution in [3.05, 3.63) is 36.2 Å². The van der Waals surface area contributed by atoms with E-state index in [1.165, 1.54) is 0 Å². The minimum Gasteiger partial charge on any atom is -0.495 e. The number of benzene rings is 1. The lowest BCUT2D eigenvalue weighted by atomic mass is 10.3. The van der Waals surface area contributed by atoms with Crippen LogP contribution in [0.1, 0.15) is 32.0 Å².